The number of amides is 1. The molecular formula is C38H34FN9O5. The van der Waals surface area contributed by atoms with Crippen LogP contribution in [-0.2, 0) is 13.6 Å². The number of carbonyl (C=O) groups is 1. The highest BCUT2D eigenvalue weighted by atomic mass is 19.1. The highest BCUT2D eigenvalue weighted by Crippen LogP contribution is 2.44. The van der Waals surface area contributed by atoms with E-state index in [4.69, 9.17) is 9.15 Å². The Kier molecular flexibility index (Phi) is 9.24. The lowest BCUT2D eigenvalue weighted by Gasteiger charge is -2.15. The van der Waals surface area contributed by atoms with Crippen LogP contribution in [0.5, 0.6) is 11.6 Å². The monoisotopic (exact) mass is 715 g/mol. The summed E-state index contributed by atoms with van der Waals surface area (Å²) in [6.45, 7) is 4.20. The number of anilines is 1. The summed E-state index contributed by atoms with van der Waals surface area (Å²) in [5.41, 5.74) is 2.26. The number of pyridine rings is 1. The van der Waals surface area contributed by atoms with Crippen molar-refractivity contribution in [3.05, 3.63) is 130 Å². The summed E-state index contributed by atoms with van der Waals surface area (Å²) in [7, 11) is 5.84. The standard InChI is InChI=1S/C38H34FN9O5/c1-22(2)47-20-29(37(50)48(38(47)51)30-14-9-26(39)17-40-30)34(49)44-27-10-12-28(13-11-27)52-35-32-31(24-8-6-7-23(15-24)18-45(3)4)33(25-16-43-46(5)19-25)53-36(32)42-21-41-35/h6-17,19-22H,18H2,1-5H3,(H,44,49). The van der Waals surface area contributed by atoms with Crippen LogP contribution in [0.25, 0.3) is 39.4 Å². The fourth-order valence-electron chi connectivity index (χ4n) is 5.91. The van der Waals surface area contributed by atoms with Gasteiger partial charge < -0.3 is 19.4 Å². The van der Waals surface area contributed by atoms with Crippen molar-refractivity contribution in [2.45, 2.75) is 26.4 Å². The van der Waals surface area contributed by atoms with Crippen LogP contribution in [0.15, 0.2) is 106 Å². The Morgan fingerprint density at radius 1 is 0.981 bits per heavy atom. The van der Waals surface area contributed by atoms with Gasteiger partial charge in [-0.2, -0.15) is 5.10 Å². The van der Waals surface area contributed by atoms with Gasteiger partial charge in [0.1, 0.15) is 40.4 Å². The summed E-state index contributed by atoms with van der Waals surface area (Å²) >= 11 is 0. The Morgan fingerprint density at radius 3 is 2.45 bits per heavy atom. The fraction of sp³-hybridized carbons (Fsp3) is 0.184. The molecule has 0 aliphatic carbocycles. The van der Waals surface area contributed by atoms with Gasteiger partial charge >= 0.3 is 5.69 Å². The summed E-state index contributed by atoms with van der Waals surface area (Å²) < 4.78 is 29.9. The second-order valence-corrected chi connectivity index (χ2v) is 12.9. The van der Waals surface area contributed by atoms with E-state index in [2.05, 4.69) is 42.4 Å². The number of nitrogens with one attached hydrogen (secondary N) is 1. The minimum absolute atomic E-state index is 0.111. The molecular weight excluding hydrogens is 681 g/mol. The first-order chi connectivity index (χ1) is 25.5. The van der Waals surface area contributed by atoms with Crippen molar-refractivity contribution in [1.29, 1.82) is 0 Å². The normalized spacial score (nSPS) is 11.5. The Morgan fingerprint density at radius 2 is 1.77 bits per heavy atom. The number of hydrogen-bond acceptors (Lipinski definition) is 10. The lowest BCUT2D eigenvalue weighted by molar-refractivity contribution is 0.102. The molecule has 7 rings (SSSR count). The molecule has 0 radical (unpaired) electrons. The molecule has 0 unspecified atom stereocenters. The van der Waals surface area contributed by atoms with Crippen molar-refractivity contribution >= 4 is 22.7 Å². The van der Waals surface area contributed by atoms with E-state index in [-0.39, 0.29) is 17.3 Å². The van der Waals surface area contributed by atoms with Crippen LogP contribution >= 0.6 is 0 Å². The van der Waals surface area contributed by atoms with Crippen LogP contribution in [0.1, 0.15) is 35.8 Å². The van der Waals surface area contributed by atoms with Crippen LogP contribution in [-0.4, -0.2) is 58.8 Å². The average Bonchev–Trinajstić information content (AvgIpc) is 3.74. The number of hydrogen-bond donors (Lipinski definition) is 1. The van der Waals surface area contributed by atoms with Crippen LogP contribution in [0.3, 0.4) is 0 Å². The second kappa shape index (κ2) is 14.1. The molecule has 5 aromatic heterocycles. The molecule has 0 saturated carbocycles. The van der Waals surface area contributed by atoms with Crippen molar-refractivity contribution in [1.82, 2.24) is 38.8 Å². The Labute approximate surface area is 301 Å². The number of carbonyl (C=O) groups excluding carboxylic acids is 1. The Hall–Kier alpha value is -6.74. The fourth-order valence-corrected chi connectivity index (χ4v) is 5.91. The van der Waals surface area contributed by atoms with Gasteiger partial charge in [-0.15, -0.1) is 0 Å². The smallest absolute Gasteiger partial charge is 0.337 e. The predicted octanol–water partition coefficient (Wildman–Crippen LogP) is 5.82. The summed E-state index contributed by atoms with van der Waals surface area (Å²) in [6.07, 6.45) is 7.04. The number of furan rings is 1. The van der Waals surface area contributed by atoms with E-state index in [9.17, 15) is 18.8 Å². The molecule has 0 fully saturated rings. The maximum Gasteiger partial charge on any atom is 0.337 e. The molecule has 2 aromatic carbocycles. The molecule has 0 aliphatic rings. The largest absolute Gasteiger partial charge is 0.438 e. The minimum Gasteiger partial charge on any atom is -0.438 e. The summed E-state index contributed by atoms with van der Waals surface area (Å²) in [4.78, 5) is 54.9. The van der Waals surface area contributed by atoms with Crippen molar-refractivity contribution in [3.63, 3.8) is 0 Å². The van der Waals surface area contributed by atoms with Gasteiger partial charge in [0.25, 0.3) is 11.5 Å². The lowest BCUT2D eigenvalue weighted by Crippen LogP contribution is -2.43. The number of rotatable bonds is 10. The molecule has 7 aromatic rings. The van der Waals surface area contributed by atoms with Crippen molar-refractivity contribution in [2.75, 3.05) is 19.4 Å². The number of aromatic nitrogens is 7. The van der Waals surface area contributed by atoms with Crippen molar-refractivity contribution in [3.8, 4) is 39.9 Å². The first kappa shape index (κ1) is 34.7. The maximum absolute atomic E-state index is 13.6. The van der Waals surface area contributed by atoms with E-state index in [1.165, 1.54) is 23.2 Å². The zero-order chi connectivity index (χ0) is 37.4. The minimum atomic E-state index is -0.898. The van der Waals surface area contributed by atoms with Gasteiger partial charge in [0, 0.05) is 43.3 Å². The number of ether oxygens (including phenoxy) is 1. The molecule has 15 heteroatoms. The maximum atomic E-state index is 13.6. The number of halogens is 1. The number of fused-ring (bicyclic) bond motifs is 1. The summed E-state index contributed by atoms with van der Waals surface area (Å²) in [5.74, 6) is -0.283. The first-order valence-corrected chi connectivity index (χ1v) is 16.6. The first-order valence-electron chi connectivity index (χ1n) is 16.6. The van der Waals surface area contributed by atoms with Crippen LogP contribution in [0.2, 0.25) is 0 Å². The molecule has 0 atom stereocenters. The van der Waals surface area contributed by atoms with Gasteiger partial charge in [-0.05, 0) is 81.5 Å². The highest BCUT2D eigenvalue weighted by Gasteiger charge is 2.25. The van der Waals surface area contributed by atoms with Gasteiger partial charge in [-0.1, -0.05) is 18.2 Å². The third kappa shape index (κ3) is 6.97. The molecule has 268 valence electrons. The number of nitrogens with zero attached hydrogens (tertiary/aromatic N) is 8. The van der Waals surface area contributed by atoms with Crippen LogP contribution in [0, 0.1) is 5.82 Å². The van der Waals surface area contributed by atoms with Crippen LogP contribution < -0.4 is 21.3 Å². The molecule has 0 spiro atoms. The van der Waals surface area contributed by atoms with E-state index >= 15 is 0 Å². The van der Waals surface area contributed by atoms with Crippen molar-refractivity contribution < 1.29 is 18.3 Å². The average molecular weight is 716 g/mol. The Bertz CT molecular complexity index is 2590. The Balaban J connectivity index is 1.21. The van der Waals surface area contributed by atoms with E-state index < -0.39 is 29.0 Å². The van der Waals surface area contributed by atoms with Crippen molar-refractivity contribution in [2.24, 2.45) is 7.05 Å². The van der Waals surface area contributed by atoms with Gasteiger partial charge in [0.15, 0.2) is 0 Å². The van der Waals surface area contributed by atoms with Gasteiger partial charge in [-0.3, -0.25) is 18.8 Å². The molecule has 1 N–H and O–H groups in total. The molecule has 0 bridgehead atoms. The zero-order valence-corrected chi connectivity index (χ0v) is 29.4. The zero-order valence-electron chi connectivity index (χ0n) is 29.4. The predicted molar refractivity (Wildman–Crippen MR) is 196 cm³/mol. The molecule has 0 saturated heterocycles. The summed E-state index contributed by atoms with van der Waals surface area (Å²) in [6, 6.07) is 16.5. The molecule has 1 amide bonds. The van der Waals surface area contributed by atoms with E-state index in [0.29, 0.717) is 28.3 Å². The van der Waals surface area contributed by atoms with Gasteiger partial charge in [0.2, 0.25) is 11.6 Å². The SMILES string of the molecule is CC(C)n1cc(C(=O)Nc2ccc(Oc3ncnc4oc(-c5cnn(C)c5)c(-c5cccc(CN(C)C)c5)c34)cc2)c(=O)n(-c2ccc(F)cn2)c1=O. The lowest BCUT2D eigenvalue weighted by atomic mass is 9.99. The van der Waals surface area contributed by atoms with E-state index in [1.54, 1.807) is 49.0 Å². The number of aryl methyl sites for hydroxylation is 1. The third-order valence-electron chi connectivity index (χ3n) is 8.32. The molecule has 0 aliphatic heterocycles. The van der Waals surface area contributed by atoms with Crippen LogP contribution in [0.4, 0.5) is 10.1 Å². The second-order valence-electron chi connectivity index (χ2n) is 12.9. The quantitative estimate of drug-likeness (QED) is 0.183. The summed E-state index contributed by atoms with van der Waals surface area (Å²) in [5, 5.41) is 7.62. The molecule has 5 heterocycles. The van der Waals surface area contributed by atoms with Gasteiger partial charge in [-0.25, -0.2) is 28.7 Å². The highest BCUT2D eigenvalue weighted by molar-refractivity contribution is 6.04. The number of benzene rings is 2. The van der Waals surface area contributed by atoms with Gasteiger partial charge in [0.05, 0.1) is 18.0 Å². The molecule has 53 heavy (non-hydrogen) atoms. The van der Waals surface area contributed by atoms with E-state index in [1.807, 2.05) is 39.5 Å². The topological polar surface area (TPSA) is 155 Å². The molecule has 14 nitrogen and oxygen atoms in total. The van der Waals surface area contributed by atoms with E-state index in [0.717, 1.165) is 45.6 Å². The third-order valence-corrected chi connectivity index (χ3v) is 8.32.